The molecule has 0 aromatic heterocycles. The molecule has 3 saturated heterocycles. The first-order valence-electron chi connectivity index (χ1n) is 10.2. The molecule has 2 atom stereocenters. The van der Waals surface area contributed by atoms with Crippen LogP contribution in [-0.2, 0) is 14.8 Å². The van der Waals surface area contributed by atoms with Gasteiger partial charge < -0.3 is 10.2 Å². The maximum absolute atomic E-state index is 13.1. The SMILES string of the molecule is O=C1NC[C@H]2[C@H]1CCCN2C(=O)c1cccc(S(=O)(=O)N2CCCCCC2)c1. The Hall–Kier alpha value is -1.93. The van der Waals surface area contributed by atoms with Crippen molar-refractivity contribution < 1.29 is 18.0 Å². The number of carbonyl (C=O) groups excluding carboxylic acids is 2. The number of piperidine rings is 1. The van der Waals surface area contributed by atoms with Gasteiger partial charge in [0.15, 0.2) is 0 Å². The van der Waals surface area contributed by atoms with Crippen LogP contribution in [0.2, 0.25) is 0 Å². The summed E-state index contributed by atoms with van der Waals surface area (Å²) in [6, 6.07) is 6.22. The summed E-state index contributed by atoms with van der Waals surface area (Å²) in [5.41, 5.74) is 0.371. The van der Waals surface area contributed by atoms with Gasteiger partial charge in [0.2, 0.25) is 15.9 Å². The Morgan fingerprint density at radius 1 is 1.04 bits per heavy atom. The first-order chi connectivity index (χ1) is 13.5. The number of amides is 2. The average Bonchev–Trinajstić information content (AvgIpc) is 2.92. The normalized spacial score (nSPS) is 26.4. The third kappa shape index (κ3) is 3.55. The molecule has 152 valence electrons. The molecule has 0 radical (unpaired) electrons. The van der Waals surface area contributed by atoms with E-state index in [9.17, 15) is 18.0 Å². The second-order valence-electron chi connectivity index (χ2n) is 7.91. The summed E-state index contributed by atoms with van der Waals surface area (Å²) in [6.07, 6.45) is 5.42. The molecule has 4 rings (SSSR count). The van der Waals surface area contributed by atoms with Gasteiger partial charge in [-0.05, 0) is 43.9 Å². The second-order valence-corrected chi connectivity index (χ2v) is 9.84. The van der Waals surface area contributed by atoms with E-state index in [0.29, 0.717) is 31.7 Å². The summed E-state index contributed by atoms with van der Waals surface area (Å²) < 4.78 is 27.7. The molecule has 3 aliphatic heterocycles. The lowest BCUT2D eigenvalue weighted by Crippen LogP contribution is -2.48. The molecule has 8 heteroatoms. The summed E-state index contributed by atoms with van der Waals surface area (Å²) in [4.78, 5) is 27.0. The van der Waals surface area contributed by atoms with Crippen LogP contribution >= 0.6 is 0 Å². The number of likely N-dealkylation sites (tertiary alicyclic amines) is 1. The molecule has 1 N–H and O–H groups in total. The molecule has 0 unspecified atom stereocenters. The number of benzene rings is 1. The van der Waals surface area contributed by atoms with Crippen LogP contribution < -0.4 is 5.32 Å². The van der Waals surface area contributed by atoms with E-state index in [2.05, 4.69) is 5.32 Å². The Labute approximate surface area is 166 Å². The molecule has 1 aromatic carbocycles. The van der Waals surface area contributed by atoms with E-state index in [1.807, 2.05) is 0 Å². The predicted molar refractivity (Wildman–Crippen MR) is 104 cm³/mol. The van der Waals surface area contributed by atoms with Crippen molar-refractivity contribution in [3.05, 3.63) is 29.8 Å². The van der Waals surface area contributed by atoms with Crippen molar-refractivity contribution in [3.8, 4) is 0 Å². The summed E-state index contributed by atoms with van der Waals surface area (Å²) in [5.74, 6) is -0.333. The van der Waals surface area contributed by atoms with Gasteiger partial charge in [-0.3, -0.25) is 9.59 Å². The lowest BCUT2D eigenvalue weighted by molar-refractivity contribution is -0.123. The number of nitrogens with zero attached hydrogens (tertiary/aromatic N) is 2. The fourth-order valence-electron chi connectivity index (χ4n) is 4.59. The van der Waals surface area contributed by atoms with E-state index in [1.54, 1.807) is 27.4 Å². The highest BCUT2D eigenvalue weighted by atomic mass is 32.2. The maximum atomic E-state index is 13.1. The summed E-state index contributed by atoms with van der Waals surface area (Å²) in [6.45, 7) is 2.13. The zero-order valence-electron chi connectivity index (χ0n) is 16.0. The number of rotatable bonds is 3. The van der Waals surface area contributed by atoms with Crippen molar-refractivity contribution in [1.29, 1.82) is 0 Å². The smallest absolute Gasteiger partial charge is 0.254 e. The standard InChI is InChI=1S/C20H27N3O4S/c24-19-17-9-6-12-23(18(17)14-21-19)20(25)15-7-5-8-16(13-15)28(26,27)22-10-3-1-2-4-11-22/h5,7-8,13,17-18H,1-4,6,9-12,14H2,(H,21,24)/t17-,18+/m1/s1. The van der Waals surface area contributed by atoms with Crippen LogP contribution in [0.3, 0.4) is 0 Å². The van der Waals surface area contributed by atoms with Gasteiger partial charge in [-0.1, -0.05) is 18.9 Å². The third-order valence-electron chi connectivity index (χ3n) is 6.15. The number of nitrogens with one attached hydrogen (secondary N) is 1. The number of carbonyl (C=O) groups is 2. The van der Waals surface area contributed by atoms with E-state index in [4.69, 9.17) is 0 Å². The molecule has 28 heavy (non-hydrogen) atoms. The molecule has 0 bridgehead atoms. The van der Waals surface area contributed by atoms with E-state index in [1.165, 1.54) is 6.07 Å². The molecule has 3 aliphatic rings. The van der Waals surface area contributed by atoms with Gasteiger partial charge in [0.25, 0.3) is 5.91 Å². The molecule has 0 spiro atoms. The Bertz CT molecular complexity index is 862. The lowest BCUT2D eigenvalue weighted by atomic mass is 9.91. The minimum atomic E-state index is -3.60. The first kappa shape index (κ1) is 19.4. The van der Waals surface area contributed by atoms with Crippen LogP contribution in [0.15, 0.2) is 29.2 Å². The van der Waals surface area contributed by atoms with Crippen molar-refractivity contribution in [1.82, 2.24) is 14.5 Å². The van der Waals surface area contributed by atoms with Gasteiger partial charge in [0.1, 0.15) is 0 Å². The average molecular weight is 406 g/mol. The van der Waals surface area contributed by atoms with Crippen molar-refractivity contribution in [2.45, 2.75) is 49.5 Å². The zero-order chi connectivity index (χ0) is 19.7. The molecule has 3 heterocycles. The van der Waals surface area contributed by atoms with Gasteiger partial charge in [-0.2, -0.15) is 4.31 Å². The minimum Gasteiger partial charge on any atom is -0.354 e. The molecule has 2 amide bonds. The second kappa shape index (κ2) is 7.83. The third-order valence-corrected chi connectivity index (χ3v) is 8.04. The predicted octanol–water partition coefficient (Wildman–Crippen LogP) is 1.60. The minimum absolute atomic E-state index is 0.0139. The molecular weight excluding hydrogens is 378 g/mol. The molecule has 7 nitrogen and oxygen atoms in total. The zero-order valence-corrected chi connectivity index (χ0v) is 16.8. The van der Waals surface area contributed by atoms with Crippen LogP contribution in [0.25, 0.3) is 0 Å². The molecule has 1 aromatic rings. The topological polar surface area (TPSA) is 86.8 Å². The Kier molecular flexibility index (Phi) is 5.42. The highest BCUT2D eigenvalue weighted by molar-refractivity contribution is 7.89. The Balaban J connectivity index is 1.58. The maximum Gasteiger partial charge on any atom is 0.254 e. The van der Waals surface area contributed by atoms with Gasteiger partial charge in [0, 0.05) is 31.7 Å². The van der Waals surface area contributed by atoms with Crippen LogP contribution in [0.1, 0.15) is 48.9 Å². The number of sulfonamides is 1. The van der Waals surface area contributed by atoms with Gasteiger partial charge in [-0.15, -0.1) is 0 Å². The number of fused-ring (bicyclic) bond motifs is 1. The lowest BCUT2D eigenvalue weighted by Gasteiger charge is -2.36. The quantitative estimate of drug-likeness (QED) is 0.828. The van der Waals surface area contributed by atoms with Crippen LogP contribution in [-0.4, -0.2) is 61.7 Å². The Morgan fingerprint density at radius 2 is 1.79 bits per heavy atom. The molecule has 3 fully saturated rings. The van der Waals surface area contributed by atoms with Gasteiger partial charge in [0.05, 0.1) is 16.9 Å². The number of hydrogen-bond acceptors (Lipinski definition) is 4. The van der Waals surface area contributed by atoms with Crippen molar-refractivity contribution >= 4 is 21.8 Å². The highest BCUT2D eigenvalue weighted by Gasteiger charge is 2.42. The van der Waals surface area contributed by atoms with E-state index < -0.39 is 10.0 Å². The van der Waals surface area contributed by atoms with E-state index >= 15 is 0 Å². The van der Waals surface area contributed by atoms with E-state index in [0.717, 1.165) is 38.5 Å². The van der Waals surface area contributed by atoms with Gasteiger partial charge in [-0.25, -0.2) is 8.42 Å². The molecular formula is C20H27N3O4S. The molecule has 0 saturated carbocycles. The molecule has 0 aliphatic carbocycles. The van der Waals surface area contributed by atoms with Crippen molar-refractivity contribution in [2.75, 3.05) is 26.2 Å². The van der Waals surface area contributed by atoms with Crippen LogP contribution in [0.5, 0.6) is 0 Å². The Morgan fingerprint density at radius 3 is 2.54 bits per heavy atom. The summed E-state index contributed by atoms with van der Waals surface area (Å²) in [5, 5.41) is 2.85. The van der Waals surface area contributed by atoms with E-state index in [-0.39, 0.29) is 28.7 Å². The van der Waals surface area contributed by atoms with Crippen LogP contribution in [0, 0.1) is 5.92 Å². The number of hydrogen-bond donors (Lipinski definition) is 1. The highest BCUT2D eigenvalue weighted by Crippen LogP contribution is 2.29. The summed E-state index contributed by atoms with van der Waals surface area (Å²) >= 11 is 0. The fourth-order valence-corrected chi connectivity index (χ4v) is 6.15. The van der Waals surface area contributed by atoms with Crippen LogP contribution in [0.4, 0.5) is 0 Å². The van der Waals surface area contributed by atoms with Crippen molar-refractivity contribution in [2.24, 2.45) is 5.92 Å². The van der Waals surface area contributed by atoms with Crippen molar-refractivity contribution in [3.63, 3.8) is 0 Å². The monoisotopic (exact) mass is 405 g/mol. The van der Waals surface area contributed by atoms with Gasteiger partial charge >= 0.3 is 0 Å². The summed E-state index contributed by atoms with van der Waals surface area (Å²) in [7, 11) is -3.60. The first-order valence-corrected chi connectivity index (χ1v) is 11.6. The largest absolute Gasteiger partial charge is 0.354 e. The fraction of sp³-hybridized carbons (Fsp3) is 0.600.